The van der Waals surface area contributed by atoms with E-state index in [2.05, 4.69) is 4.90 Å². The van der Waals surface area contributed by atoms with Crippen LogP contribution in [0.15, 0.2) is 24.3 Å². The van der Waals surface area contributed by atoms with Crippen LogP contribution in [0.2, 0.25) is 0 Å². The first-order valence-corrected chi connectivity index (χ1v) is 7.31. The number of benzene rings is 1. The van der Waals surface area contributed by atoms with Crippen molar-refractivity contribution in [1.29, 1.82) is 0 Å². The average Bonchev–Trinajstić information content (AvgIpc) is 2.54. The van der Waals surface area contributed by atoms with Crippen LogP contribution >= 0.6 is 0 Å². The Balaban J connectivity index is 1.94. The van der Waals surface area contributed by atoms with E-state index >= 15 is 0 Å². The highest BCUT2D eigenvalue weighted by Crippen LogP contribution is 2.17. The largest absolute Gasteiger partial charge is 0.508 e. The lowest BCUT2D eigenvalue weighted by molar-refractivity contribution is -0.145. The van der Waals surface area contributed by atoms with E-state index in [4.69, 9.17) is 5.73 Å². The summed E-state index contributed by atoms with van der Waals surface area (Å²) in [5.74, 6) is -0.951. The molecule has 0 saturated carbocycles. The minimum Gasteiger partial charge on any atom is -0.508 e. The molecule has 0 atom stereocenters. The number of rotatable bonds is 3. The Labute approximate surface area is 129 Å². The van der Waals surface area contributed by atoms with Crippen LogP contribution in [0.25, 0.3) is 0 Å². The van der Waals surface area contributed by atoms with Gasteiger partial charge in [-0.2, -0.15) is 0 Å². The van der Waals surface area contributed by atoms with Crippen LogP contribution < -0.4 is 10.6 Å². The first-order valence-electron chi connectivity index (χ1n) is 7.31. The number of phenolic OH excluding ortho intramolecular Hbond substituents is 1. The first kappa shape index (κ1) is 16.3. The monoisotopic (exact) mass is 306 g/mol. The van der Waals surface area contributed by atoms with Gasteiger partial charge in [0.15, 0.2) is 0 Å². The van der Waals surface area contributed by atoms with Gasteiger partial charge in [-0.25, -0.2) is 0 Å². The van der Waals surface area contributed by atoms with E-state index < -0.39 is 11.8 Å². The van der Waals surface area contributed by atoms with Gasteiger partial charge in [0.25, 0.3) is 0 Å². The molecule has 1 heterocycles. The zero-order valence-electron chi connectivity index (χ0n) is 12.7. The van der Waals surface area contributed by atoms with E-state index in [0.29, 0.717) is 25.3 Å². The number of anilines is 1. The number of likely N-dealkylation sites (N-methyl/N-ethyl adjacent to an activating group) is 1. The van der Waals surface area contributed by atoms with Crippen molar-refractivity contribution >= 4 is 17.5 Å². The van der Waals surface area contributed by atoms with Crippen molar-refractivity contribution in [2.45, 2.75) is 0 Å². The van der Waals surface area contributed by atoms with Gasteiger partial charge in [-0.15, -0.1) is 0 Å². The summed E-state index contributed by atoms with van der Waals surface area (Å²) in [4.78, 5) is 29.6. The minimum atomic E-state index is -0.571. The number of amides is 2. The fraction of sp³-hybridized carbons (Fsp3) is 0.467. The number of carbonyl (C=O) groups is 2. The van der Waals surface area contributed by atoms with Crippen molar-refractivity contribution in [2.75, 3.05) is 51.2 Å². The summed E-state index contributed by atoms with van der Waals surface area (Å²) in [5, 5.41) is 9.27. The molecular formula is C15H22N4O3. The summed E-state index contributed by atoms with van der Waals surface area (Å²) in [5.41, 5.74) is 6.08. The molecule has 3 N–H and O–H groups in total. The molecule has 0 aliphatic carbocycles. The lowest BCUT2D eigenvalue weighted by Crippen LogP contribution is -2.53. The Morgan fingerprint density at radius 3 is 2.32 bits per heavy atom. The summed E-state index contributed by atoms with van der Waals surface area (Å²) in [6.45, 7) is 3.94. The van der Waals surface area contributed by atoms with Gasteiger partial charge in [0.2, 0.25) is 0 Å². The molecule has 0 aromatic heterocycles. The number of carbonyl (C=O) groups excluding carboxylic acids is 2. The van der Waals surface area contributed by atoms with Crippen LogP contribution in [0.4, 0.5) is 5.69 Å². The highest BCUT2D eigenvalue weighted by atomic mass is 16.3. The number of piperazine rings is 1. The number of nitrogens with zero attached hydrogens (tertiary/aromatic N) is 3. The molecule has 0 bridgehead atoms. The molecule has 1 aliphatic heterocycles. The van der Waals surface area contributed by atoms with Crippen LogP contribution in [-0.4, -0.2) is 73.0 Å². The zero-order valence-corrected chi connectivity index (χ0v) is 12.7. The van der Waals surface area contributed by atoms with Crippen molar-refractivity contribution in [3.63, 3.8) is 0 Å². The Morgan fingerprint density at radius 2 is 1.77 bits per heavy atom. The fourth-order valence-electron chi connectivity index (χ4n) is 2.43. The lowest BCUT2D eigenvalue weighted by atomic mass is 10.2. The van der Waals surface area contributed by atoms with Gasteiger partial charge in [-0.05, 0) is 24.3 Å². The van der Waals surface area contributed by atoms with Crippen LogP contribution in [0, 0.1) is 0 Å². The maximum absolute atomic E-state index is 12.3. The maximum atomic E-state index is 12.3. The summed E-state index contributed by atoms with van der Waals surface area (Å²) >= 11 is 0. The molecule has 1 aromatic rings. The summed E-state index contributed by atoms with van der Waals surface area (Å²) < 4.78 is 0. The highest BCUT2D eigenvalue weighted by molar-refractivity contribution is 6.40. The molecule has 7 nitrogen and oxygen atoms in total. The number of hydrogen-bond donors (Lipinski definition) is 2. The normalized spacial score (nSPS) is 15.6. The second-order valence-electron chi connectivity index (χ2n) is 5.30. The molecule has 0 unspecified atom stereocenters. The highest BCUT2D eigenvalue weighted by Gasteiger charge is 2.28. The minimum absolute atomic E-state index is 0.118. The van der Waals surface area contributed by atoms with Gasteiger partial charge >= 0.3 is 11.8 Å². The molecule has 7 heteroatoms. The molecule has 2 amide bonds. The predicted molar refractivity (Wildman–Crippen MR) is 83.6 cm³/mol. The number of hydrogen-bond acceptors (Lipinski definition) is 5. The molecule has 0 radical (unpaired) electrons. The summed E-state index contributed by atoms with van der Waals surface area (Å²) in [6, 6.07) is 6.16. The third-order valence-electron chi connectivity index (χ3n) is 3.83. The predicted octanol–water partition coefficient (Wildman–Crippen LogP) is -0.542. The Kier molecular flexibility index (Phi) is 5.35. The van der Waals surface area contributed by atoms with E-state index in [1.807, 2.05) is 0 Å². The maximum Gasteiger partial charge on any atom is 0.316 e. The lowest BCUT2D eigenvalue weighted by Gasteiger charge is -2.34. The Bertz CT molecular complexity index is 524. The van der Waals surface area contributed by atoms with Crippen molar-refractivity contribution < 1.29 is 14.7 Å². The molecule has 22 heavy (non-hydrogen) atoms. The van der Waals surface area contributed by atoms with Crippen molar-refractivity contribution in [1.82, 2.24) is 9.80 Å². The van der Waals surface area contributed by atoms with Crippen LogP contribution in [-0.2, 0) is 9.59 Å². The SMILES string of the molecule is CN(C(=O)C(=O)N1CCN(CCN)CC1)c1ccc(O)cc1. The van der Waals surface area contributed by atoms with Gasteiger partial charge in [0.05, 0.1) is 0 Å². The molecular weight excluding hydrogens is 284 g/mol. The molecule has 1 aliphatic rings. The van der Waals surface area contributed by atoms with E-state index in [1.165, 1.54) is 17.0 Å². The van der Waals surface area contributed by atoms with Gasteiger partial charge in [0.1, 0.15) is 5.75 Å². The fourth-order valence-corrected chi connectivity index (χ4v) is 2.43. The number of phenols is 1. The smallest absolute Gasteiger partial charge is 0.316 e. The summed E-state index contributed by atoms with van der Waals surface area (Å²) in [7, 11) is 1.55. The molecule has 2 rings (SSSR count). The van der Waals surface area contributed by atoms with E-state index in [1.54, 1.807) is 24.1 Å². The second-order valence-corrected chi connectivity index (χ2v) is 5.30. The van der Waals surface area contributed by atoms with Gasteiger partial charge in [0, 0.05) is 52.0 Å². The standard InChI is InChI=1S/C15H22N4O3/c1-17(12-2-4-13(20)5-3-12)14(21)15(22)19-10-8-18(7-6-16)9-11-19/h2-5,20H,6-11,16H2,1H3. The Morgan fingerprint density at radius 1 is 1.18 bits per heavy atom. The molecule has 0 spiro atoms. The third-order valence-corrected chi connectivity index (χ3v) is 3.83. The van der Waals surface area contributed by atoms with Crippen LogP contribution in [0.5, 0.6) is 5.75 Å². The first-order chi connectivity index (χ1) is 10.5. The number of nitrogens with two attached hydrogens (primary N) is 1. The third kappa shape index (κ3) is 3.75. The average molecular weight is 306 g/mol. The molecule has 1 aromatic carbocycles. The van der Waals surface area contributed by atoms with Crippen molar-refractivity contribution in [3.8, 4) is 5.75 Å². The number of aromatic hydroxyl groups is 1. The van der Waals surface area contributed by atoms with Crippen molar-refractivity contribution in [3.05, 3.63) is 24.3 Å². The molecule has 120 valence electrons. The Hall–Kier alpha value is -2.12. The second kappa shape index (κ2) is 7.24. The molecule has 1 saturated heterocycles. The van der Waals surface area contributed by atoms with Crippen molar-refractivity contribution in [2.24, 2.45) is 5.73 Å². The van der Waals surface area contributed by atoms with Crippen LogP contribution in [0.1, 0.15) is 0 Å². The quantitative estimate of drug-likeness (QED) is 0.732. The van der Waals surface area contributed by atoms with E-state index in [9.17, 15) is 14.7 Å². The zero-order chi connectivity index (χ0) is 16.1. The van der Waals surface area contributed by atoms with Gasteiger partial charge in [-0.1, -0.05) is 0 Å². The summed E-state index contributed by atoms with van der Waals surface area (Å²) in [6.07, 6.45) is 0. The van der Waals surface area contributed by atoms with Gasteiger partial charge in [-0.3, -0.25) is 14.5 Å². The topological polar surface area (TPSA) is 90.1 Å². The van der Waals surface area contributed by atoms with Crippen LogP contribution in [0.3, 0.4) is 0 Å². The van der Waals surface area contributed by atoms with E-state index in [0.717, 1.165) is 19.6 Å². The van der Waals surface area contributed by atoms with E-state index in [-0.39, 0.29) is 5.75 Å². The molecule has 1 fully saturated rings. The van der Waals surface area contributed by atoms with Gasteiger partial charge < -0.3 is 20.6 Å².